The molecule has 2 rings (SSSR count). The lowest BCUT2D eigenvalue weighted by Gasteiger charge is -2.13. The van der Waals surface area contributed by atoms with Crippen LogP contribution in [0, 0.1) is 0 Å². The van der Waals surface area contributed by atoms with Crippen LogP contribution < -0.4 is 5.32 Å². The first-order valence-corrected chi connectivity index (χ1v) is 5.41. The average Bonchev–Trinajstić information content (AvgIpc) is 2.35. The van der Waals surface area contributed by atoms with Crippen molar-refractivity contribution in [3.05, 3.63) is 30.6 Å². The molecule has 5 heteroatoms. The molecule has 2 N–H and O–H groups in total. The molecule has 1 aromatic carbocycles. The van der Waals surface area contributed by atoms with Crippen molar-refractivity contribution in [2.45, 2.75) is 19.4 Å². The van der Waals surface area contributed by atoms with Crippen molar-refractivity contribution in [2.75, 3.05) is 5.32 Å². The van der Waals surface area contributed by atoms with Crippen molar-refractivity contribution in [1.29, 1.82) is 0 Å². The van der Waals surface area contributed by atoms with E-state index < -0.39 is 12.0 Å². The summed E-state index contributed by atoms with van der Waals surface area (Å²) >= 11 is 0. The molecule has 1 heterocycles. The molecule has 0 spiro atoms. The lowest BCUT2D eigenvalue weighted by molar-refractivity contribution is -0.137. The van der Waals surface area contributed by atoms with Gasteiger partial charge in [-0.3, -0.25) is 0 Å². The Morgan fingerprint density at radius 3 is 2.88 bits per heavy atom. The minimum absolute atomic E-state index is 0.494. The van der Waals surface area contributed by atoms with Gasteiger partial charge in [0, 0.05) is 5.39 Å². The van der Waals surface area contributed by atoms with Crippen molar-refractivity contribution < 1.29 is 9.90 Å². The summed E-state index contributed by atoms with van der Waals surface area (Å²) in [6, 6.07) is 6.86. The summed E-state index contributed by atoms with van der Waals surface area (Å²) in [6.45, 7) is 1.81. The number of hydrogen-bond donors (Lipinski definition) is 2. The molecule has 2 aromatic rings. The maximum Gasteiger partial charge on any atom is 0.326 e. The van der Waals surface area contributed by atoms with Crippen LogP contribution >= 0.6 is 0 Å². The van der Waals surface area contributed by atoms with Crippen LogP contribution in [0.2, 0.25) is 0 Å². The Balaban J connectivity index is 2.38. The van der Waals surface area contributed by atoms with Gasteiger partial charge in [-0.05, 0) is 18.6 Å². The highest BCUT2D eigenvalue weighted by atomic mass is 16.4. The SMILES string of the molecule is CC[C@H](Nc1ncnc2ccccc12)C(=O)O. The van der Waals surface area contributed by atoms with Gasteiger partial charge in [0.2, 0.25) is 0 Å². The smallest absolute Gasteiger partial charge is 0.326 e. The Morgan fingerprint density at radius 1 is 1.41 bits per heavy atom. The van der Waals surface area contributed by atoms with E-state index in [2.05, 4.69) is 15.3 Å². The number of anilines is 1. The summed E-state index contributed by atoms with van der Waals surface area (Å²) < 4.78 is 0. The van der Waals surface area contributed by atoms with Crippen LogP contribution in [0.3, 0.4) is 0 Å². The fourth-order valence-corrected chi connectivity index (χ4v) is 1.62. The molecule has 0 radical (unpaired) electrons. The van der Waals surface area contributed by atoms with Crippen molar-refractivity contribution in [2.24, 2.45) is 0 Å². The van der Waals surface area contributed by atoms with Gasteiger partial charge in [-0.25, -0.2) is 14.8 Å². The highest BCUT2D eigenvalue weighted by Crippen LogP contribution is 2.19. The summed E-state index contributed by atoms with van der Waals surface area (Å²) in [5, 5.41) is 12.7. The van der Waals surface area contributed by atoms with E-state index in [-0.39, 0.29) is 0 Å². The largest absolute Gasteiger partial charge is 0.480 e. The predicted molar refractivity (Wildman–Crippen MR) is 64.9 cm³/mol. The van der Waals surface area contributed by atoms with Crippen LogP contribution in [-0.2, 0) is 4.79 Å². The maximum absolute atomic E-state index is 11.0. The number of nitrogens with zero attached hydrogens (tertiary/aromatic N) is 2. The normalized spacial score (nSPS) is 12.3. The Morgan fingerprint density at radius 2 is 2.18 bits per heavy atom. The van der Waals surface area contributed by atoms with E-state index in [0.29, 0.717) is 12.2 Å². The number of hydrogen-bond acceptors (Lipinski definition) is 4. The molecule has 0 saturated carbocycles. The molecule has 0 bridgehead atoms. The third-order valence-electron chi connectivity index (χ3n) is 2.56. The van der Waals surface area contributed by atoms with E-state index in [1.165, 1.54) is 6.33 Å². The van der Waals surface area contributed by atoms with Crippen molar-refractivity contribution in [3.63, 3.8) is 0 Å². The maximum atomic E-state index is 11.0. The standard InChI is InChI=1S/C12H13N3O2/c1-2-9(12(16)17)15-11-8-5-3-4-6-10(8)13-7-14-11/h3-7,9H,2H2,1H3,(H,16,17)(H,13,14,15)/t9-/m0/s1. The molecule has 0 aliphatic heterocycles. The first-order valence-electron chi connectivity index (χ1n) is 5.41. The average molecular weight is 231 g/mol. The predicted octanol–water partition coefficient (Wildman–Crippen LogP) is 1.90. The van der Waals surface area contributed by atoms with E-state index in [1.54, 1.807) is 0 Å². The Bertz CT molecular complexity index is 537. The van der Waals surface area contributed by atoms with Crippen LogP contribution in [0.25, 0.3) is 10.9 Å². The molecule has 0 aliphatic carbocycles. The lowest BCUT2D eigenvalue weighted by atomic mass is 10.2. The zero-order valence-electron chi connectivity index (χ0n) is 9.42. The zero-order chi connectivity index (χ0) is 12.3. The Kier molecular flexibility index (Phi) is 3.18. The van der Waals surface area contributed by atoms with Gasteiger partial charge in [-0.1, -0.05) is 19.1 Å². The number of aromatic nitrogens is 2. The number of para-hydroxylation sites is 1. The van der Waals surface area contributed by atoms with E-state index >= 15 is 0 Å². The molecule has 0 saturated heterocycles. The zero-order valence-corrected chi connectivity index (χ0v) is 9.42. The highest BCUT2D eigenvalue weighted by molar-refractivity contribution is 5.90. The summed E-state index contributed by atoms with van der Waals surface area (Å²) in [4.78, 5) is 19.2. The van der Waals surface area contributed by atoms with Crippen molar-refractivity contribution in [3.8, 4) is 0 Å². The molecule has 17 heavy (non-hydrogen) atoms. The second-order valence-corrected chi connectivity index (χ2v) is 3.68. The molecular formula is C12H13N3O2. The van der Waals surface area contributed by atoms with Gasteiger partial charge in [0.15, 0.2) is 0 Å². The summed E-state index contributed by atoms with van der Waals surface area (Å²) in [5.41, 5.74) is 0.797. The number of rotatable bonds is 4. The topological polar surface area (TPSA) is 75.1 Å². The van der Waals surface area contributed by atoms with Crippen LogP contribution in [-0.4, -0.2) is 27.1 Å². The first-order chi connectivity index (χ1) is 8.22. The lowest BCUT2D eigenvalue weighted by Crippen LogP contribution is -2.28. The van der Waals surface area contributed by atoms with Gasteiger partial charge in [0.05, 0.1) is 5.52 Å². The third kappa shape index (κ3) is 2.33. The molecule has 0 amide bonds. The number of carboxylic acids is 1. The van der Waals surface area contributed by atoms with Gasteiger partial charge in [0.1, 0.15) is 18.2 Å². The van der Waals surface area contributed by atoms with E-state index in [9.17, 15) is 4.79 Å². The molecular weight excluding hydrogens is 218 g/mol. The number of aliphatic carboxylic acids is 1. The number of benzene rings is 1. The van der Waals surface area contributed by atoms with Crippen molar-refractivity contribution in [1.82, 2.24) is 9.97 Å². The van der Waals surface area contributed by atoms with Gasteiger partial charge in [-0.15, -0.1) is 0 Å². The monoisotopic (exact) mass is 231 g/mol. The molecule has 1 atom stereocenters. The summed E-state index contributed by atoms with van der Waals surface area (Å²) in [6.07, 6.45) is 1.92. The number of carbonyl (C=O) groups is 1. The molecule has 0 aliphatic rings. The minimum atomic E-state index is -0.879. The number of carboxylic acid groups (broad SMARTS) is 1. The molecule has 0 fully saturated rings. The van der Waals surface area contributed by atoms with Crippen LogP contribution in [0.5, 0.6) is 0 Å². The molecule has 5 nitrogen and oxygen atoms in total. The van der Waals surface area contributed by atoms with Gasteiger partial charge >= 0.3 is 5.97 Å². The van der Waals surface area contributed by atoms with E-state index in [4.69, 9.17) is 5.11 Å². The highest BCUT2D eigenvalue weighted by Gasteiger charge is 2.16. The van der Waals surface area contributed by atoms with Gasteiger partial charge < -0.3 is 10.4 Å². The second kappa shape index (κ2) is 4.78. The van der Waals surface area contributed by atoms with E-state index in [0.717, 1.165) is 10.9 Å². The Labute approximate surface area is 98.5 Å². The number of nitrogens with one attached hydrogen (secondary N) is 1. The quantitative estimate of drug-likeness (QED) is 0.840. The summed E-state index contributed by atoms with van der Waals surface area (Å²) in [7, 11) is 0. The van der Waals surface area contributed by atoms with Crippen LogP contribution in [0.1, 0.15) is 13.3 Å². The van der Waals surface area contributed by atoms with Crippen LogP contribution in [0.15, 0.2) is 30.6 Å². The van der Waals surface area contributed by atoms with E-state index in [1.807, 2.05) is 31.2 Å². The molecule has 1 aromatic heterocycles. The van der Waals surface area contributed by atoms with Gasteiger partial charge in [0.25, 0.3) is 0 Å². The second-order valence-electron chi connectivity index (χ2n) is 3.68. The Hall–Kier alpha value is -2.17. The first kappa shape index (κ1) is 11.3. The van der Waals surface area contributed by atoms with Gasteiger partial charge in [-0.2, -0.15) is 0 Å². The fourth-order valence-electron chi connectivity index (χ4n) is 1.62. The summed E-state index contributed by atoms with van der Waals surface area (Å²) in [5.74, 6) is -0.319. The van der Waals surface area contributed by atoms with Crippen LogP contribution in [0.4, 0.5) is 5.82 Å². The third-order valence-corrected chi connectivity index (χ3v) is 2.56. The molecule has 88 valence electrons. The molecule has 0 unspecified atom stereocenters. The number of fused-ring (bicyclic) bond motifs is 1. The fraction of sp³-hybridized carbons (Fsp3) is 0.250. The van der Waals surface area contributed by atoms with Crippen molar-refractivity contribution >= 4 is 22.7 Å². The minimum Gasteiger partial charge on any atom is -0.480 e.